The molecule has 0 N–H and O–H groups in total. The molecule has 6 heteroatoms. The molecule has 0 bridgehead atoms. The average molecular weight is 308 g/mol. The number of rotatable bonds is 1. The van der Waals surface area contributed by atoms with Crippen molar-refractivity contribution in [1.29, 1.82) is 0 Å². The van der Waals surface area contributed by atoms with Gasteiger partial charge in [-0.25, -0.2) is 8.91 Å². The minimum Gasteiger partial charge on any atom is -0.239 e. The van der Waals surface area contributed by atoms with E-state index in [2.05, 4.69) is 5.10 Å². The van der Waals surface area contributed by atoms with E-state index >= 15 is 0 Å². The first kappa shape index (κ1) is 14.6. The molecule has 2 aromatic rings. The van der Waals surface area contributed by atoms with Gasteiger partial charge < -0.3 is 0 Å². The van der Waals surface area contributed by atoms with Crippen molar-refractivity contribution in [1.82, 2.24) is 9.61 Å². The van der Waals surface area contributed by atoms with E-state index in [4.69, 9.17) is 0 Å². The van der Waals surface area contributed by atoms with E-state index < -0.39 is 11.7 Å². The molecule has 0 radical (unpaired) electrons. The third kappa shape index (κ3) is 2.56. The average Bonchev–Trinajstić information content (AvgIpc) is 2.63. The van der Waals surface area contributed by atoms with Crippen molar-refractivity contribution in [3.8, 4) is 0 Å². The van der Waals surface area contributed by atoms with Gasteiger partial charge in [0, 0.05) is 11.8 Å². The minimum atomic E-state index is -4.41. The van der Waals surface area contributed by atoms with Crippen LogP contribution in [0.15, 0.2) is 48.5 Å². The quantitative estimate of drug-likeness (QED) is 0.688. The predicted octanol–water partition coefficient (Wildman–Crippen LogP) is 4.86. The molecule has 0 spiro atoms. The maximum absolute atomic E-state index is 13.2. The zero-order valence-electron chi connectivity index (χ0n) is 11.7. The molecule has 1 aliphatic rings. The van der Waals surface area contributed by atoms with Crippen LogP contribution in [0.2, 0.25) is 0 Å². The van der Waals surface area contributed by atoms with Crippen molar-refractivity contribution >= 4 is 11.1 Å². The number of aryl methyl sites for hydroxylation is 1. The number of nitrogens with zero attached hydrogens (tertiary/aromatic N) is 2. The molecule has 0 atom stereocenters. The van der Waals surface area contributed by atoms with Crippen molar-refractivity contribution in [2.45, 2.75) is 19.5 Å². The molecule has 0 amide bonds. The van der Waals surface area contributed by atoms with Gasteiger partial charge in [-0.1, -0.05) is 12.2 Å². The van der Waals surface area contributed by atoms with E-state index in [1.165, 1.54) is 22.7 Å². The van der Waals surface area contributed by atoms with Crippen LogP contribution in [0.4, 0.5) is 17.6 Å². The highest BCUT2D eigenvalue weighted by atomic mass is 19.4. The van der Waals surface area contributed by atoms with Crippen molar-refractivity contribution in [3.05, 3.63) is 65.3 Å². The zero-order valence-corrected chi connectivity index (χ0v) is 11.7. The summed E-state index contributed by atoms with van der Waals surface area (Å²) < 4.78 is 52.7. The van der Waals surface area contributed by atoms with Gasteiger partial charge >= 0.3 is 6.18 Å². The molecule has 114 valence electrons. The minimum absolute atomic E-state index is 0.365. The lowest BCUT2D eigenvalue weighted by atomic mass is 10.0. The third-order valence-electron chi connectivity index (χ3n) is 3.57. The summed E-state index contributed by atoms with van der Waals surface area (Å²) in [7, 11) is 0. The Bertz CT molecular complexity index is 823. The van der Waals surface area contributed by atoms with Gasteiger partial charge in [0.2, 0.25) is 0 Å². The summed E-state index contributed by atoms with van der Waals surface area (Å²) >= 11 is 0. The monoisotopic (exact) mass is 308 g/mol. The second-order valence-corrected chi connectivity index (χ2v) is 5.07. The predicted molar refractivity (Wildman–Crippen MR) is 75.9 cm³/mol. The van der Waals surface area contributed by atoms with E-state index in [1.54, 1.807) is 19.1 Å². The largest absolute Gasteiger partial charge is 0.417 e. The number of aromatic nitrogens is 2. The fraction of sp³-hybridized carbons (Fsp3) is 0.188. The van der Waals surface area contributed by atoms with Gasteiger partial charge in [0.05, 0.1) is 16.8 Å². The van der Waals surface area contributed by atoms with Crippen LogP contribution in [-0.2, 0) is 6.18 Å². The summed E-state index contributed by atoms with van der Waals surface area (Å²) in [6, 6.07) is 2.44. The first-order chi connectivity index (χ1) is 10.4. The Morgan fingerprint density at radius 1 is 1.18 bits per heavy atom. The van der Waals surface area contributed by atoms with E-state index in [-0.39, 0.29) is 5.83 Å². The Balaban J connectivity index is 2.12. The fourth-order valence-corrected chi connectivity index (χ4v) is 2.42. The van der Waals surface area contributed by atoms with Crippen molar-refractivity contribution in [2.24, 2.45) is 0 Å². The lowest BCUT2D eigenvalue weighted by molar-refractivity contribution is -0.137. The van der Waals surface area contributed by atoms with Crippen molar-refractivity contribution in [3.63, 3.8) is 0 Å². The maximum atomic E-state index is 13.2. The van der Waals surface area contributed by atoms with Crippen LogP contribution in [-0.4, -0.2) is 9.61 Å². The molecule has 2 heterocycles. The summed E-state index contributed by atoms with van der Waals surface area (Å²) in [5.74, 6) is -0.365. The fourth-order valence-electron chi connectivity index (χ4n) is 2.42. The first-order valence-corrected chi connectivity index (χ1v) is 6.66. The SMILES string of the molecule is Cc1c(C2=CC=C(F)C=CC2)nn2cc(C(F)(F)F)ccc12. The lowest BCUT2D eigenvalue weighted by Crippen LogP contribution is -2.06. The summed E-state index contributed by atoms with van der Waals surface area (Å²) in [5.41, 5.74) is 1.95. The van der Waals surface area contributed by atoms with Crippen LogP contribution in [0.5, 0.6) is 0 Å². The highest BCUT2D eigenvalue weighted by Crippen LogP contribution is 2.31. The van der Waals surface area contributed by atoms with Crippen LogP contribution in [0.1, 0.15) is 23.2 Å². The smallest absolute Gasteiger partial charge is 0.239 e. The molecule has 22 heavy (non-hydrogen) atoms. The molecule has 3 rings (SSSR count). The van der Waals surface area contributed by atoms with Gasteiger partial charge in [0.1, 0.15) is 5.83 Å². The standard InChI is InChI=1S/C16H12F4N2/c1-10-14-8-6-12(16(18,19)20)9-22(14)21-15(10)11-3-2-4-13(17)7-5-11/h2,4-9H,3H2,1H3. The molecule has 0 aliphatic heterocycles. The number of allylic oxidation sites excluding steroid dienone is 6. The molecule has 2 aromatic heterocycles. The first-order valence-electron chi connectivity index (χ1n) is 6.66. The van der Waals surface area contributed by atoms with E-state index in [1.807, 2.05) is 0 Å². The van der Waals surface area contributed by atoms with Crippen LogP contribution in [0.25, 0.3) is 11.1 Å². The van der Waals surface area contributed by atoms with Crippen LogP contribution >= 0.6 is 0 Å². The Kier molecular flexibility index (Phi) is 3.39. The van der Waals surface area contributed by atoms with Gasteiger partial charge in [-0.3, -0.25) is 0 Å². The van der Waals surface area contributed by atoms with Crippen LogP contribution in [0, 0.1) is 6.92 Å². The van der Waals surface area contributed by atoms with Gasteiger partial charge in [0.15, 0.2) is 0 Å². The molecule has 0 unspecified atom stereocenters. The molecule has 2 nitrogen and oxygen atoms in total. The summed E-state index contributed by atoms with van der Waals surface area (Å²) in [6.45, 7) is 1.79. The van der Waals surface area contributed by atoms with Gasteiger partial charge in [0.25, 0.3) is 0 Å². The normalized spacial score (nSPS) is 15.7. The van der Waals surface area contributed by atoms with Crippen molar-refractivity contribution < 1.29 is 17.6 Å². The summed E-state index contributed by atoms with van der Waals surface area (Å²) in [6.07, 6.45) is 2.98. The molecular formula is C16H12F4N2. The van der Waals surface area contributed by atoms with E-state index in [0.717, 1.165) is 23.4 Å². The van der Waals surface area contributed by atoms with Gasteiger partial charge in [-0.15, -0.1) is 0 Å². The Labute approximate surface area is 124 Å². The number of pyridine rings is 1. The van der Waals surface area contributed by atoms with Gasteiger partial charge in [-0.2, -0.15) is 18.3 Å². The Morgan fingerprint density at radius 3 is 2.68 bits per heavy atom. The highest BCUT2D eigenvalue weighted by Gasteiger charge is 2.31. The van der Waals surface area contributed by atoms with Gasteiger partial charge in [-0.05, 0) is 43.2 Å². The zero-order chi connectivity index (χ0) is 15.9. The molecular weight excluding hydrogens is 296 g/mol. The van der Waals surface area contributed by atoms with Crippen LogP contribution in [0.3, 0.4) is 0 Å². The number of hydrogen-bond acceptors (Lipinski definition) is 1. The number of halogens is 4. The molecule has 0 saturated carbocycles. The van der Waals surface area contributed by atoms with Crippen molar-refractivity contribution in [2.75, 3.05) is 0 Å². The highest BCUT2D eigenvalue weighted by molar-refractivity contribution is 5.74. The lowest BCUT2D eigenvalue weighted by Gasteiger charge is -2.06. The molecule has 0 saturated heterocycles. The second-order valence-electron chi connectivity index (χ2n) is 5.07. The molecule has 0 aromatic carbocycles. The Morgan fingerprint density at radius 2 is 1.95 bits per heavy atom. The van der Waals surface area contributed by atoms with E-state index in [0.29, 0.717) is 17.6 Å². The summed E-state index contributed by atoms with van der Waals surface area (Å²) in [5, 5.41) is 4.24. The molecule has 1 aliphatic carbocycles. The Hall–Kier alpha value is -2.37. The van der Waals surface area contributed by atoms with E-state index in [9.17, 15) is 17.6 Å². The number of alkyl halides is 3. The maximum Gasteiger partial charge on any atom is 0.417 e. The topological polar surface area (TPSA) is 17.3 Å². The third-order valence-corrected chi connectivity index (χ3v) is 3.57. The summed E-state index contributed by atoms with van der Waals surface area (Å²) in [4.78, 5) is 0. The number of hydrogen-bond donors (Lipinski definition) is 0. The number of fused-ring (bicyclic) bond motifs is 1. The molecule has 0 fully saturated rings. The van der Waals surface area contributed by atoms with Crippen LogP contribution < -0.4 is 0 Å². The second kappa shape index (κ2) is 5.12.